The number of aromatic nitrogens is 1. The third-order valence-corrected chi connectivity index (χ3v) is 5.05. The number of aliphatic hydroxyl groups excluding tert-OH is 1. The van der Waals surface area contributed by atoms with Crippen LogP contribution in [0.15, 0.2) is 47.5 Å². The molecule has 4 rings (SSSR count). The Morgan fingerprint density at radius 3 is 2.81 bits per heavy atom. The van der Waals surface area contributed by atoms with E-state index in [0.717, 1.165) is 10.9 Å². The number of Topliss-reactive ketones (excluding diaryl/α,β-unsaturated/α-hetero) is 1. The molecule has 0 saturated carbocycles. The highest BCUT2D eigenvalue weighted by atomic mass is 79.9. The monoisotopic (exact) mass is 428 g/mol. The van der Waals surface area contributed by atoms with E-state index in [1.54, 1.807) is 18.2 Å². The summed E-state index contributed by atoms with van der Waals surface area (Å²) in [6.07, 6.45) is 0.594. The van der Waals surface area contributed by atoms with Gasteiger partial charge in [0.25, 0.3) is 0 Å². The van der Waals surface area contributed by atoms with Gasteiger partial charge in [-0.2, -0.15) is 0 Å². The Balaban J connectivity index is 1.68. The van der Waals surface area contributed by atoms with Crippen molar-refractivity contribution >= 4 is 44.0 Å². The third-order valence-electron chi connectivity index (χ3n) is 4.46. The number of ketones is 1. The number of carbonyl (C=O) groups is 1. The van der Waals surface area contributed by atoms with Crippen LogP contribution in [0.25, 0.3) is 10.9 Å². The lowest BCUT2D eigenvalue weighted by molar-refractivity contribution is 0.0795. The van der Waals surface area contributed by atoms with Gasteiger partial charge in [0.05, 0.1) is 24.5 Å². The SMILES string of the molecule is O=C1C(c2c(O)[nH]c3cc(C[C@H](Br)OCCO)ccc23)=Nc2ccccc21. The van der Waals surface area contributed by atoms with Gasteiger partial charge in [0.1, 0.15) is 10.7 Å². The van der Waals surface area contributed by atoms with Gasteiger partial charge in [-0.25, -0.2) is 4.99 Å². The van der Waals surface area contributed by atoms with Gasteiger partial charge in [0, 0.05) is 22.9 Å². The molecule has 0 amide bonds. The molecule has 3 N–H and O–H groups in total. The maximum atomic E-state index is 12.7. The standard InChI is InChI=1S/C20H17BrN2O4/c21-16(27-8-7-24)10-11-5-6-12-15(9-11)23-20(26)17(12)18-19(25)13-3-1-2-4-14(13)22-18/h1-6,9,16,23-24,26H,7-8,10H2/t16-/m1/s1. The van der Waals surface area contributed by atoms with Gasteiger partial charge in [0.15, 0.2) is 5.88 Å². The Bertz CT molecular complexity index is 1060. The number of aromatic hydroxyl groups is 1. The van der Waals surface area contributed by atoms with Crippen molar-refractivity contribution in [3.05, 3.63) is 59.2 Å². The van der Waals surface area contributed by atoms with Crippen LogP contribution >= 0.6 is 15.9 Å². The number of nitrogens with one attached hydrogen (secondary N) is 1. The Kier molecular flexibility index (Phi) is 4.82. The minimum absolute atomic E-state index is 0.0342. The number of alkyl halides is 1. The van der Waals surface area contributed by atoms with E-state index in [4.69, 9.17) is 9.84 Å². The van der Waals surface area contributed by atoms with E-state index >= 15 is 0 Å². The number of halogens is 1. The first-order valence-electron chi connectivity index (χ1n) is 8.51. The molecule has 0 saturated heterocycles. The Morgan fingerprint density at radius 2 is 2.04 bits per heavy atom. The molecule has 2 heterocycles. The third kappa shape index (κ3) is 3.29. The van der Waals surface area contributed by atoms with Crippen molar-refractivity contribution < 1.29 is 19.7 Å². The highest BCUT2D eigenvalue weighted by Crippen LogP contribution is 2.35. The average molecular weight is 429 g/mol. The number of hydrogen-bond acceptors (Lipinski definition) is 5. The first kappa shape index (κ1) is 17.9. The zero-order valence-corrected chi connectivity index (χ0v) is 15.9. The van der Waals surface area contributed by atoms with Crippen LogP contribution in [0.1, 0.15) is 21.5 Å². The molecule has 2 aromatic carbocycles. The lowest BCUT2D eigenvalue weighted by Crippen LogP contribution is -2.11. The molecule has 0 radical (unpaired) electrons. The highest BCUT2D eigenvalue weighted by molar-refractivity contribution is 9.09. The number of para-hydroxylation sites is 1. The van der Waals surface area contributed by atoms with Crippen LogP contribution in [0.3, 0.4) is 0 Å². The van der Waals surface area contributed by atoms with Crippen molar-refractivity contribution in [1.29, 1.82) is 0 Å². The van der Waals surface area contributed by atoms with Crippen LogP contribution in [0.4, 0.5) is 5.69 Å². The second kappa shape index (κ2) is 7.26. The quantitative estimate of drug-likeness (QED) is 0.523. The Hall–Kier alpha value is -2.48. The summed E-state index contributed by atoms with van der Waals surface area (Å²) in [5, 5.41) is 19.8. The average Bonchev–Trinajstić information content (AvgIpc) is 3.15. The minimum atomic E-state index is -0.222. The minimum Gasteiger partial charge on any atom is -0.494 e. The zero-order valence-electron chi connectivity index (χ0n) is 14.3. The number of aliphatic hydroxyl groups is 1. The maximum absolute atomic E-state index is 12.7. The predicted octanol–water partition coefficient (Wildman–Crippen LogP) is 3.46. The number of benzene rings is 2. The first-order valence-corrected chi connectivity index (χ1v) is 9.43. The summed E-state index contributed by atoms with van der Waals surface area (Å²) in [4.78, 5) is 20.1. The van der Waals surface area contributed by atoms with Crippen LogP contribution in [-0.4, -0.2) is 44.9 Å². The highest BCUT2D eigenvalue weighted by Gasteiger charge is 2.29. The van der Waals surface area contributed by atoms with Gasteiger partial charge in [0.2, 0.25) is 5.78 Å². The molecule has 3 aromatic rings. The Labute approximate surface area is 163 Å². The second-order valence-corrected chi connectivity index (χ2v) is 7.27. The van der Waals surface area contributed by atoms with Gasteiger partial charge in [-0.1, -0.05) is 40.2 Å². The number of hydrogen-bond donors (Lipinski definition) is 3. The molecule has 0 aliphatic carbocycles. The van der Waals surface area contributed by atoms with Gasteiger partial charge < -0.3 is 19.9 Å². The van der Waals surface area contributed by atoms with Crippen molar-refractivity contribution in [1.82, 2.24) is 4.98 Å². The summed E-state index contributed by atoms with van der Waals surface area (Å²) in [5.74, 6) is -0.266. The molecular formula is C20H17BrN2O4. The van der Waals surface area contributed by atoms with E-state index in [9.17, 15) is 9.90 Å². The normalized spacial score (nSPS) is 14.4. The second-order valence-electron chi connectivity index (χ2n) is 6.24. The number of aliphatic imine (C=N–C) groups is 1. The fraction of sp³-hybridized carbons (Fsp3) is 0.200. The molecule has 1 aliphatic heterocycles. The maximum Gasteiger partial charge on any atom is 0.214 e. The van der Waals surface area contributed by atoms with Crippen LogP contribution in [0.2, 0.25) is 0 Å². The lowest BCUT2D eigenvalue weighted by atomic mass is 10.0. The number of carbonyl (C=O) groups excluding carboxylic acids is 1. The molecule has 6 nitrogen and oxygen atoms in total. The topological polar surface area (TPSA) is 94.9 Å². The molecule has 0 bridgehead atoms. The summed E-state index contributed by atoms with van der Waals surface area (Å²) in [7, 11) is 0. The van der Waals surface area contributed by atoms with Crippen LogP contribution in [-0.2, 0) is 11.2 Å². The lowest BCUT2D eigenvalue weighted by Gasteiger charge is -2.10. The molecule has 1 aliphatic rings. The van der Waals surface area contributed by atoms with Crippen molar-refractivity contribution in [3.8, 4) is 5.88 Å². The summed E-state index contributed by atoms with van der Waals surface area (Å²) in [6.45, 7) is 0.224. The number of ether oxygens (including phenoxy) is 1. The van der Waals surface area contributed by atoms with Crippen LogP contribution < -0.4 is 0 Å². The zero-order chi connectivity index (χ0) is 19.0. The van der Waals surface area contributed by atoms with E-state index in [2.05, 4.69) is 25.9 Å². The molecular weight excluding hydrogens is 412 g/mol. The molecule has 0 fully saturated rings. The smallest absolute Gasteiger partial charge is 0.214 e. The number of rotatable bonds is 6. The van der Waals surface area contributed by atoms with Crippen molar-refractivity contribution in [2.24, 2.45) is 4.99 Å². The summed E-state index contributed by atoms with van der Waals surface area (Å²) >= 11 is 3.42. The summed E-state index contributed by atoms with van der Waals surface area (Å²) in [6, 6.07) is 12.8. The van der Waals surface area contributed by atoms with Gasteiger partial charge in [-0.3, -0.25) is 4.79 Å². The molecule has 0 unspecified atom stereocenters. The molecule has 138 valence electrons. The fourth-order valence-corrected chi connectivity index (χ4v) is 3.81. The Morgan fingerprint density at radius 1 is 1.22 bits per heavy atom. The number of H-pyrrole nitrogens is 1. The van der Waals surface area contributed by atoms with Gasteiger partial charge >= 0.3 is 0 Å². The van der Waals surface area contributed by atoms with Crippen LogP contribution in [0, 0.1) is 0 Å². The van der Waals surface area contributed by atoms with Gasteiger partial charge in [-0.05, 0) is 23.8 Å². The number of nitrogens with zero attached hydrogens (tertiary/aromatic N) is 1. The van der Waals surface area contributed by atoms with Crippen molar-refractivity contribution in [2.45, 2.75) is 11.4 Å². The molecule has 1 atom stereocenters. The predicted molar refractivity (Wildman–Crippen MR) is 106 cm³/mol. The van der Waals surface area contributed by atoms with E-state index in [1.807, 2.05) is 24.3 Å². The molecule has 0 spiro atoms. The number of fused-ring (bicyclic) bond motifs is 2. The first-order chi connectivity index (χ1) is 13.1. The van der Waals surface area contributed by atoms with Gasteiger partial charge in [-0.15, -0.1) is 0 Å². The molecule has 27 heavy (non-hydrogen) atoms. The van der Waals surface area contributed by atoms with Crippen molar-refractivity contribution in [2.75, 3.05) is 13.2 Å². The van der Waals surface area contributed by atoms with Crippen molar-refractivity contribution in [3.63, 3.8) is 0 Å². The summed E-state index contributed by atoms with van der Waals surface area (Å²) < 4.78 is 5.41. The largest absolute Gasteiger partial charge is 0.494 e. The van der Waals surface area contributed by atoms with E-state index in [1.165, 1.54) is 0 Å². The fourth-order valence-electron chi connectivity index (χ4n) is 3.25. The molecule has 1 aromatic heterocycles. The molecule has 7 heteroatoms. The summed E-state index contributed by atoms with van der Waals surface area (Å²) in [5.41, 5.74) is 3.53. The van der Waals surface area contributed by atoms with E-state index in [-0.39, 0.29) is 35.6 Å². The van der Waals surface area contributed by atoms with Crippen LogP contribution in [0.5, 0.6) is 5.88 Å². The van der Waals surface area contributed by atoms with E-state index in [0.29, 0.717) is 28.8 Å². The number of aromatic amines is 1. The van der Waals surface area contributed by atoms with E-state index < -0.39 is 0 Å².